The average Bonchev–Trinajstić information content (AvgIpc) is 2.72. The van der Waals surface area contributed by atoms with Crippen LogP contribution in [-0.4, -0.2) is 40.4 Å². The summed E-state index contributed by atoms with van der Waals surface area (Å²) in [7, 11) is 0. The maximum absolute atomic E-state index is 12.7. The lowest BCUT2D eigenvalue weighted by atomic mass is 9.78. The number of hydrogen-bond acceptors (Lipinski definition) is 3. The molecule has 1 aliphatic carbocycles. The lowest BCUT2D eigenvalue weighted by molar-refractivity contribution is -0.142. The van der Waals surface area contributed by atoms with Crippen molar-refractivity contribution in [2.45, 2.75) is 69.9 Å². The van der Waals surface area contributed by atoms with Crippen molar-refractivity contribution in [1.82, 2.24) is 10.2 Å². The number of amides is 2. The summed E-state index contributed by atoms with van der Waals surface area (Å²) in [4.78, 5) is 38.4. The highest BCUT2D eigenvalue weighted by Crippen LogP contribution is 2.35. The monoisotopic (exact) mass is 386 g/mol. The van der Waals surface area contributed by atoms with Crippen LogP contribution in [0.4, 0.5) is 0 Å². The minimum atomic E-state index is -1.09. The van der Waals surface area contributed by atoms with E-state index in [4.69, 9.17) is 0 Å². The highest BCUT2D eigenvalue weighted by Gasteiger charge is 2.35. The van der Waals surface area contributed by atoms with Crippen molar-refractivity contribution in [2.24, 2.45) is 5.92 Å². The Balaban J connectivity index is 1.46. The smallest absolute Gasteiger partial charge is 0.330 e. The number of rotatable bonds is 7. The van der Waals surface area contributed by atoms with Crippen LogP contribution < -0.4 is 5.32 Å². The molecule has 2 fully saturated rings. The molecule has 1 saturated heterocycles. The zero-order chi connectivity index (χ0) is 19.9. The highest BCUT2D eigenvalue weighted by atomic mass is 16.4. The van der Waals surface area contributed by atoms with Crippen LogP contribution >= 0.6 is 0 Å². The molecule has 0 radical (unpaired) electrons. The number of carboxylic acids is 1. The van der Waals surface area contributed by atoms with E-state index < -0.39 is 12.0 Å². The quantitative estimate of drug-likeness (QED) is 0.753. The number of carbonyl (C=O) groups excluding carboxylic acids is 2. The van der Waals surface area contributed by atoms with Gasteiger partial charge in [0.1, 0.15) is 0 Å². The van der Waals surface area contributed by atoms with Crippen LogP contribution in [0.2, 0.25) is 0 Å². The molecule has 2 aliphatic rings. The van der Waals surface area contributed by atoms with E-state index in [0.29, 0.717) is 30.4 Å². The van der Waals surface area contributed by atoms with Gasteiger partial charge in [0.25, 0.3) is 0 Å². The number of carboxylic acid groups (broad SMARTS) is 1. The van der Waals surface area contributed by atoms with Crippen molar-refractivity contribution < 1.29 is 19.5 Å². The normalized spacial score (nSPS) is 22.8. The van der Waals surface area contributed by atoms with Crippen molar-refractivity contribution in [3.05, 3.63) is 35.9 Å². The zero-order valence-corrected chi connectivity index (χ0v) is 16.3. The van der Waals surface area contributed by atoms with Gasteiger partial charge in [-0.2, -0.15) is 0 Å². The second-order valence-electron chi connectivity index (χ2n) is 7.94. The molecule has 1 aromatic carbocycles. The minimum absolute atomic E-state index is 0.141. The largest absolute Gasteiger partial charge is 0.479 e. The molecule has 6 nitrogen and oxygen atoms in total. The Bertz CT molecular complexity index is 689. The predicted molar refractivity (Wildman–Crippen MR) is 106 cm³/mol. The number of piperidine rings is 1. The molecule has 1 saturated carbocycles. The van der Waals surface area contributed by atoms with Gasteiger partial charge in [0, 0.05) is 25.4 Å². The standard InChI is InChI=1S/C22H30N2O4/c25-19(23-21(22(27)28)17-9-2-1-3-10-17)13-6-14-20(26)24-15-7-11-16-8-4-5-12-18(16)24/h1-3,9-10,16,18,21H,4-8,11-15H2,(H,23,25)(H,27,28)/t16?,18?,21-/m1/s1. The van der Waals surface area contributed by atoms with E-state index in [0.717, 1.165) is 19.4 Å². The molecule has 2 unspecified atom stereocenters. The SMILES string of the molecule is O=C(CCCC(=O)N1CCCC2CCCCC21)N[C@@H](C(=O)O)c1ccccc1. The number of nitrogens with one attached hydrogen (secondary N) is 1. The van der Waals surface area contributed by atoms with Crippen molar-refractivity contribution in [1.29, 1.82) is 0 Å². The number of aliphatic carboxylic acids is 1. The van der Waals surface area contributed by atoms with Crippen molar-refractivity contribution in [2.75, 3.05) is 6.54 Å². The van der Waals surface area contributed by atoms with Crippen molar-refractivity contribution in [3.63, 3.8) is 0 Å². The van der Waals surface area contributed by atoms with E-state index in [-0.39, 0.29) is 18.2 Å². The molecular formula is C22H30N2O4. The summed E-state index contributed by atoms with van der Waals surface area (Å²) in [6.45, 7) is 0.835. The number of nitrogens with zero attached hydrogens (tertiary/aromatic N) is 1. The van der Waals surface area contributed by atoms with Gasteiger partial charge < -0.3 is 15.3 Å². The first kappa shape index (κ1) is 20.4. The summed E-state index contributed by atoms with van der Waals surface area (Å²) >= 11 is 0. The van der Waals surface area contributed by atoms with Gasteiger partial charge in [-0.05, 0) is 43.6 Å². The average molecular weight is 386 g/mol. The van der Waals surface area contributed by atoms with Gasteiger partial charge in [-0.15, -0.1) is 0 Å². The number of hydrogen-bond donors (Lipinski definition) is 2. The summed E-state index contributed by atoms with van der Waals surface area (Å²) in [5.74, 6) is -0.635. The van der Waals surface area contributed by atoms with Crippen LogP contribution in [0.1, 0.15) is 69.4 Å². The molecule has 152 valence electrons. The third kappa shape index (κ3) is 5.12. The highest BCUT2D eigenvalue weighted by molar-refractivity contribution is 5.85. The van der Waals surface area contributed by atoms with Crippen LogP contribution in [0.3, 0.4) is 0 Å². The molecule has 2 N–H and O–H groups in total. The summed E-state index contributed by atoms with van der Waals surface area (Å²) in [5.41, 5.74) is 0.538. The Labute approximate surface area is 166 Å². The molecule has 1 aromatic rings. The summed E-state index contributed by atoms with van der Waals surface area (Å²) < 4.78 is 0. The Hall–Kier alpha value is -2.37. The predicted octanol–water partition coefficient (Wildman–Crippen LogP) is 3.28. The first-order chi connectivity index (χ1) is 13.6. The van der Waals surface area contributed by atoms with Gasteiger partial charge in [0.05, 0.1) is 0 Å². The maximum atomic E-state index is 12.7. The Kier molecular flexibility index (Phi) is 7.06. The molecule has 3 atom stereocenters. The maximum Gasteiger partial charge on any atom is 0.330 e. The number of benzene rings is 1. The number of fused-ring (bicyclic) bond motifs is 1. The van der Waals surface area contributed by atoms with E-state index in [1.165, 1.54) is 25.7 Å². The summed E-state index contributed by atoms with van der Waals surface area (Å²) in [6.07, 6.45) is 8.06. The van der Waals surface area contributed by atoms with E-state index in [2.05, 4.69) is 10.2 Å². The Morgan fingerprint density at radius 3 is 2.50 bits per heavy atom. The molecule has 0 bridgehead atoms. The third-order valence-electron chi connectivity index (χ3n) is 6.04. The molecule has 2 amide bonds. The fourth-order valence-electron chi connectivity index (χ4n) is 4.64. The molecular weight excluding hydrogens is 356 g/mol. The van der Waals surface area contributed by atoms with Crippen LogP contribution in [0.15, 0.2) is 30.3 Å². The molecule has 0 spiro atoms. The van der Waals surface area contributed by atoms with E-state index in [1.807, 2.05) is 0 Å². The fourth-order valence-corrected chi connectivity index (χ4v) is 4.64. The third-order valence-corrected chi connectivity index (χ3v) is 6.04. The molecule has 1 heterocycles. The van der Waals surface area contributed by atoms with E-state index >= 15 is 0 Å². The molecule has 6 heteroatoms. The second kappa shape index (κ2) is 9.71. The summed E-state index contributed by atoms with van der Waals surface area (Å²) in [6, 6.07) is 7.97. The van der Waals surface area contributed by atoms with Crippen LogP contribution in [0.5, 0.6) is 0 Å². The number of carbonyl (C=O) groups is 3. The first-order valence-electron chi connectivity index (χ1n) is 10.4. The molecule has 0 aromatic heterocycles. The van der Waals surface area contributed by atoms with Crippen molar-refractivity contribution >= 4 is 17.8 Å². The molecule has 3 rings (SSSR count). The molecule has 28 heavy (non-hydrogen) atoms. The van der Waals surface area contributed by atoms with Crippen molar-refractivity contribution in [3.8, 4) is 0 Å². The van der Waals surface area contributed by atoms with Gasteiger partial charge in [-0.25, -0.2) is 4.79 Å². The van der Waals surface area contributed by atoms with Gasteiger partial charge in [0.2, 0.25) is 11.8 Å². The Morgan fingerprint density at radius 2 is 1.75 bits per heavy atom. The van der Waals surface area contributed by atoms with Crippen LogP contribution in [-0.2, 0) is 14.4 Å². The summed E-state index contributed by atoms with van der Waals surface area (Å²) in [5, 5.41) is 12.0. The second-order valence-corrected chi connectivity index (χ2v) is 7.94. The van der Waals surface area contributed by atoms with E-state index in [1.54, 1.807) is 30.3 Å². The lowest BCUT2D eigenvalue weighted by Crippen LogP contribution is -2.49. The fraction of sp³-hybridized carbons (Fsp3) is 0.591. The number of likely N-dealkylation sites (tertiary alicyclic amines) is 1. The van der Waals surface area contributed by atoms with Gasteiger partial charge in [-0.3, -0.25) is 9.59 Å². The zero-order valence-electron chi connectivity index (χ0n) is 16.3. The van der Waals surface area contributed by atoms with Gasteiger partial charge in [0.15, 0.2) is 6.04 Å². The van der Waals surface area contributed by atoms with Gasteiger partial charge >= 0.3 is 5.97 Å². The van der Waals surface area contributed by atoms with Crippen LogP contribution in [0.25, 0.3) is 0 Å². The first-order valence-corrected chi connectivity index (χ1v) is 10.4. The molecule has 1 aliphatic heterocycles. The van der Waals surface area contributed by atoms with E-state index in [9.17, 15) is 19.5 Å². The lowest BCUT2D eigenvalue weighted by Gasteiger charge is -2.44. The topological polar surface area (TPSA) is 86.7 Å². The minimum Gasteiger partial charge on any atom is -0.479 e. The van der Waals surface area contributed by atoms with Crippen LogP contribution in [0, 0.1) is 5.92 Å². The van der Waals surface area contributed by atoms with Gasteiger partial charge in [-0.1, -0.05) is 43.2 Å². The Morgan fingerprint density at radius 1 is 1.04 bits per heavy atom.